The molecule has 2 atom stereocenters. The molecule has 1 aliphatic carbocycles. The summed E-state index contributed by atoms with van der Waals surface area (Å²) in [5.74, 6) is 1.56. The minimum atomic E-state index is -0.349. The molecule has 0 aromatic rings. The standard InChI is InChI=1S/C15H30N2O/c1-4-15(5-2,11-16)14(18)17-10-13-9-7-6-8-12(13)3/h12-13H,4-11,16H2,1-3H3,(H,17,18). The summed E-state index contributed by atoms with van der Waals surface area (Å²) in [4.78, 5) is 12.3. The topological polar surface area (TPSA) is 55.1 Å². The van der Waals surface area contributed by atoms with Crippen molar-refractivity contribution in [3.63, 3.8) is 0 Å². The summed E-state index contributed by atoms with van der Waals surface area (Å²) in [6.45, 7) is 7.71. The zero-order valence-electron chi connectivity index (χ0n) is 12.3. The fourth-order valence-corrected chi connectivity index (χ4v) is 3.06. The number of carbonyl (C=O) groups is 1. The van der Waals surface area contributed by atoms with Crippen LogP contribution >= 0.6 is 0 Å². The van der Waals surface area contributed by atoms with Gasteiger partial charge in [0.15, 0.2) is 0 Å². The van der Waals surface area contributed by atoms with E-state index in [1.807, 2.05) is 0 Å². The zero-order chi connectivity index (χ0) is 13.6. The van der Waals surface area contributed by atoms with Crippen LogP contribution in [0.5, 0.6) is 0 Å². The Morgan fingerprint density at radius 1 is 1.28 bits per heavy atom. The number of hydrogen-bond acceptors (Lipinski definition) is 2. The monoisotopic (exact) mass is 254 g/mol. The molecule has 18 heavy (non-hydrogen) atoms. The lowest BCUT2D eigenvalue weighted by atomic mass is 9.79. The lowest BCUT2D eigenvalue weighted by Gasteiger charge is -2.32. The SMILES string of the molecule is CCC(CC)(CN)C(=O)NCC1CCCCC1C. The van der Waals surface area contributed by atoms with Crippen molar-refractivity contribution < 1.29 is 4.79 Å². The summed E-state index contributed by atoms with van der Waals surface area (Å²) in [5.41, 5.74) is 5.46. The Morgan fingerprint density at radius 2 is 1.89 bits per heavy atom. The Morgan fingerprint density at radius 3 is 2.39 bits per heavy atom. The van der Waals surface area contributed by atoms with Crippen molar-refractivity contribution in [2.45, 2.75) is 59.3 Å². The van der Waals surface area contributed by atoms with Gasteiger partial charge in [0.2, 0.25) is 5.91 Å². The first kappa shape index (κ1) is 15.5. The van der Waals surface area contributed by atoms with Crippen LogP contribution in [0.3, 0.4) is 0 Å². The van der Waals surface area contributed by atoms with Crippen LogP contribution in [0.4, 0.5) is 0 Å². The average Bonchev–Trinajstić information content (AvgIpc) is 2.40. The summed E-state index contributed by atoms with van der Waals surface area (Å²) < 4.78 is 0. The summed E-state index contributed by atoms with van der Waals surface area (Å²) in [6, 6.07) is 0. The molecule has 106 valence electrons. The molecule has 0 heterocycles. The lowest BCUT2D eigenvalue weighted by molar-refractivity contribution is -0.131. The van der Waals surface area contributed by atoms with E-state index in [0.29, 0.717) is 12.5 Å². The molecule has 3 heteroatoms. The minimum absolute atomic E-state index is 0.160. The molecule has 0 saturated heterocycles. The molecule has 2 unspecified atom stereocenters. The smallest absolute Gasteiger partial charge is 0.227 e. The molecule has 1 amide bonds. The third-order valence-electron chi connectivity index (χ3n) is 5.04. The van der Waals surface area contributed by atoms with E-state index < -0.39 is 0 Å². The van der Waals surface area contributed by atoms with E-state index >= 15 is 0 Å². The molecule has 0 bridgehead atoms. The van der Waals surface area contributed by atoms with Crippen LogP contribution in [0.2, 0.25) is 0 Å². The van der Waals surface area contributed by atoms with Crippen molar-refractivity contribution in [3.8, 4) is 0 Å². The van der Waals surface area contributed by atoms with Crippen LogP contribution < -0.4 is 11.1 Å². The summed E-state index contributed by atoms with van der Waals surface area (Å²) in [5, 5.41) is 3.16. The Hall–Kier alpha value is -0.570. The van der Waals surface area contributed by atoms with Crippen molar-refractivity contribution >= 4 is 5.91 Å². The normalized spacial score (nSPS) is 24.9. The number of rotatable bonds is 6. The highest BCUT2D eigenvalue weighted by molar-refractivity contribution is 5.82. The number of nitrogens with one attached hydrogen (secondary N) is 1. The lowest BCUT2D eigenvalue weighted by Crippen LogP contribution is -2.47. The largest absolute Gasteiger partial charge is 0.355 e. The van der Waals surface area contributed by atoms with Gasteiger partial charge in [-0.05, 0) is 31.1 Å². The molecular weight excluding hydrogens is 224 g/mol. The first-order valence-electron chi connectivity index (χ1n) is 7.58. The zero-order valence-corrected chi connectivity index (χ0v) is 12.3. The van der Waals surface area contributed by atoms with Gasteiger partial charge in [-0.3, -0.25) is 4.79 Å². The Balaban J connectivity index is 2.48. The molecule has 0 spiro atoms. The minimum Gasteiger partial charge on any atom is -0.355 e. The van der Waals surface area contributed by atoms with Crippen LogP contribution in [-0.2, 0) is 4.79 Å². The number of carbonyl (C=O) groups excluding carboxylic acids is 1. The van der Waals surface area contributed by atoms with E-state index in [1.54, 1.807) is 0 Å². The van der Waals surface area contributed by atoms with Gasteiger partial charge in [-0.15, -0.1) is 0 Å². The van der Waals surface area contributed by atoms with Gasteiger partial charge in [-0.2, -0.15) is 0 Å². The van der Waals surface area contributed by atoms with Crippen LogP contribution in [-0.4, -0.2) is 19.0 Å². The molecule has 1 aliphatic rings. The second-order valence-corrected chi connectivity index (χ2v) is 5.92. The highest BCUT2D eigenvalue weighted by atomic mass is 16.2. The van der Waals surface area contributed by atoms with Gasteiger partial charge in [0, 0.05) is 13.1 Å². The molecule has 0 aromatic carbocycles. The van der Waals surface area contributed by atoms with Crippen molar-refractivity contribution in [1.82, 2.24) is 5.32 Å². The highest BCUT2D eigenvalue weighted by Gasteiger charge is 2.33. The molecule has 1 rings (SSSR count). The Kier molecular flexibility index (Phi) is 6.13. The van der Waals surface area contributed by atoms with Gasteiger partial charge < -0.3 is 11.1 Å². The molecule has 1 saturated carbocycles. The van der Waals surface area contributed by atoms with Crippen LogP contribution in [0, 0.1) is 17.3 Å². The third kappa shape index (κ3) is 3.47. The van der Waals surface area contributed by atoms with E-state index in [1.165, 1.54) is 25.7 Å². The first-order valence-corrected chi connectivity index (χ1v) is 7.58. The maximum atomic E-state index is 12.3. The average molecular weight is 254 g/mol. The summed E-state index contributed by atoms with van der Waals surface area (Å²) in [7, 11) is 0. The molecule has 0 radical (unpaired) electrons. The van der Waals surface area contributed by atoms with E-state index in [-0.39, 0.29) is 11.3 Å². The molecule has 3 N–H and O–H groups in total. The van der Waals surface area contributed by atoms with Gasteiger partial charge >= 0.3 is 0 Å². The first-order chi connectivity index (χ1) is 8.59. The quantitative estimate of drug-likeness (QED) is 0.765. The Bertz CT molecular complexity index is 253. The third-order valence-corrected chi connectivity index (χ3v) is 5.04. The maximum absolute atomic E-state index is 12.3. The van der Waals surface area contributed by atoms with E-state index in [2.05, 4.69) is 26.1 Å². The number of amides is 1. The number of nitrogens with two attached hydrogens (primary N) is 1. The van der Waals surface area contributed by atoms with Crippen LogP contribution in [0.1, 0.15) is 59.3 Å². The van der Waals surface area contributed by atoms with Gasteiger partial charge in [0.1, 0.15) is 0 Å². The molecule has 3 nitrogen and oxygen atoms in total. The number of hydrogen-bond donors (Lipinski definition) is 2. The molecule has 0 aliphatic heterocycles. The molecular formula is C15H30N2O. The Labute approximate surface area is 112 Å². The van der Waals surface area contributed by atoms with Gasteiger partial charge in [0.25, 0.3) is 0 Å². The van der Waals surface area contributed by atoms with E-state index in [9.17, 15) is 4.79 Å². The van der Waals surface area contributed by atoms with Gasteiger partial charge in [-0.25, -0.2) is 0 Å². The van der Waals surface area contributed by atoms with Crippen molar-refractivity contribution in [3.05, 3.63) is 0 Å². The maximum Gasteiger partial charge on any atom is 0.227 e. The van der Waals surface area contributed by atoms with Gasteiger partial charge in [0.05, 0.1) is 5.41 Å². The second-order valence-electron chi connectivity index (χ2n) is 5.92. The van der Waals surface area contributed by atoms with E-state index in [4.69, 9.17) is 5.73 Å². The summed E-state index contributed by atoms with van der Waals surface area (Å²) >= 11 is 0. The van der Waals surface area contributed by atoms with Crippen LogP contribution in [0.25, 0.3) is 0 Å². The van der Waals surface area contributed by atoms with Crippen molar-refractivity contribution in [1.29, 1.82) is 0 Å². The fourth-order valence-electron chi connectivity index (χ4n) is 3.06. The predicted molar refractivity (Wildman–Crippen MR) is 76.2 cm³/mol. The predicted octanol–water partition coefficient (Wildman–Crippen LogP) is 2.69. The van der Waals surface area contributed by atoms with Crippen molar-refractivity contribution in [2.24, 2.45) is 23.0 Å². The van der Waals surface area contributed by atoms with Crippen LogP contribution in [0.15, 0.2) is 0 Å². The van der Waals surface area contributed by atoms with E-state index in [0.717, 1.165) is 25.3 Å². The highest BCUT2D eigenvalue weighted by Crippen LogP contribution is 2.30. The van der Waals surface area contributed by atoms with Crippen molar-refractivity contribution in [2.75, 3.05) is 13.1 Å². The van der Waals surface area contributed by atoms with Gasteiger partial charge in [-0.1, -0.05) is 40.0 Å². The second kappa shape index (κ2) is 7.13. The fraction of sp³-hybridized carbons (Fsp3) is 0.933. The summed E-state index contributed by atoms with van der Waals surface area (Å²) in [6.07, 6.45) is 6.88. The molecule has 1 fully saturated rings. The molecule has 0 aromatic heterocycles.